The fraction of sp³-hybridized carbons (Fsp3) is 0.462. The summed E-state index contributed by atoms with van der Waals surface area (Å²) in [5.74, 6) is 1.44. The van der Waals surface area contributed by atoms with E-state index >= 15 is 0 Å². The van der Waals surface area contributed by atoms with Crippen molar-refractivity contribution in [3.05, 3.63) is 46.3 Å². The molecule has 1 saturated carbocycles. The minimum atomic E-state index is -3.41. The lowest BCUT2D eigenvalue weighted by molar-refractivity contribution is 0.397. The molecule has 4 aromatic heterocycles. The van der Waals surface area contributed by atoms with Crippen LogP contribution in [-0.4, -0.2) is 60.7 Å². The van der Waals surface area contributed by atoms with Crippen molar-refractivity contribution in [2.75, 3.05) is 18.2 Å². The van der Waals surface area contributed by atoms with Gasteiger partial charge in [-0.05, 0) is 33.1 Å². The number of fused-ring (bicyclic) bond motifs is 1. The van der Waals surface area contributed by atoms with Gasteiger partial charge in [-0.2, -0.15) is 0 Å². The molecule has 1 atom stereocenters. The molecule has 4 heterocycles. The Labute approximate surface area is 231 Å². The van der Waals surface area contributed by atoms with E-state index in [-0.39, 0.29) is 34.6 Å². The average molecular weight is 566 g/mol. The Bertz CT molecular complexity index is 1740. The van der Waals surface area contributed by atoms with Crippen molar-refractivity contribution in [3.8, 4) is 17.3 Å². The second-order valence-corrected chi connectivity index (χ2v) is 12.0. The number of hydrogen-bond acceptors (Lipinski definition) is 12. The van der Waals surface area contributed by atoms with E-state index < -0.39 is 9.84 Å². The minimum Gasteiger partial charge on any atom is -0.480 e. The highest BCUT2D eigenvalue weighted by molar-refractivity contribution is 7.91. The number of methoxy groups -OCH3 is 1. The Morgan fingerprint density at radius 3 is 2.45 bits per heavy atom. The summed E-state index contributed by atoms with van der Waals surface area (Å²) in [5, 5.41) is 3.02. The summed E-state index contributed by atoms with van der Waals surface area (Å²) >= 11 is 0. The van der Waals surface area contributed by atoms with Gasteiger partial charge in [-0.25, -0.2) is 43.3 Å². The zero-order valence-corrected chi connectivity index (χ0v) is 23.9. The number of rotatable bonds is 10. The molecule has 0 aliphatic heterocycles. The van der Waals surface area contributed by atoms with Gasteiger partial charge in [-0.1, -0.05) is 13.8 Å². The normalized spacial score (nSPS) is 14.3. The van der Waals surface area contributed by atoms with Crippen LogP contribution in [0.1, 0.15) is 69.2 Å². The topological polar surface area (TPSA) is 168 Å². The summed E-state index contributed by atoms with van der Waals surface area (Å²) in [5.41, 5.74) is 2.58. The predicted molar refractivity (Wildman–Crippen MR) is 148 cm³/mol. The van der Waals surface area contributed by atoms with Crippen LogP contribution in [0.2, 0.25) is 0 Å². The molecule has 210 valence electrons. The maximum atomic E-state index is 13.7. The summed E-state index contributed by atoms with van der Waals surface area (Å²) in [6.45, 7) is 7.38. The van der Waals surface area contributed by atoms with Gasteiger partial charge in [-0.15, -0.1) is 0 Å². The fourth-order valence-corrected chi connectivity index (χ4v) is 5.14. The number of nitrogens with one attached hydrogen (secondary N) is 1. The number of anilines is 1. The monoisotopic (exact) mass is 565 g/mol. The third kappa shape index (κ3) is 5.10. The van der Waals surface area contributed by atoms with Gasteiger partial charge in [0.15, 0.2) is 27.1 Å². The molecule has 1 aliphatic carbocycles. The lowest BCUT2D eigenvalue weighted by atomic mass is 10.1. The SMILES string of the molecule is CC[C@@H](C)n1c(=O)c(NCc2ncc(S(=O)(=O)CC)cn2)nc2c(C)nc(-c3c(OC)ncnc3C3CC3)nc21. The molecule has 13 nitrogen and oxygen atoms in total. The molecule has 14 heteroatoms. The first-order valence-electron chi connectivity index (χ1n) is 13.2. The summed E-state index contributed by atoms with van der Waals surface area (Å²) in [7, 11) is -1.86. The van der Waals surface area contributed by atoms with Crippen molar-refractivity contribution in [1.82, 2.24) is 39.5 Å². The van der Waals surface area contributed by atoms with E-state index in [0.29, 0.717) is 52.3 Å². The van der Waals surface area contributed by atoms with Crippen LogP contribution in [0.5, 0.6) is 5.88 Å². The highest BCUT2D eigenvalue weighted by atomic mass is 32.2. The first-order valence-corrected chi connectivity index (χ1v) is 14.8. The van der Waals surface area contributed by atoms with Gasteiger partial charge in [-0.3, -0.25) is 9.36 Å². The van der Waals surface area contributed by atoms with Crippen molar-refractivity contribution in [2.45, 2.75) is 70.4 Å². The minimum absolute atomic E-state index is 0.0424. The zero-order valence-electron chi connectivity index (χ0n) is 23.0. The van der Waals surface area contributed by atoms with Gasteiger partial charge in [0.1, 0.15) is 28.1 Å². The molecule has 0 bridgehead atoms. The molecule has 0 spiro atoms. The molecule has 0 aromatic carbocycles. The van der Waals surface area contributed by atoms with Crippen molar-refractivity contribution in [3.63, 3.8) is 0 Å². The Hall–Kier alpha value is -4.07. The van der Waals surface area contributed by atoms with Crippen LogP contribution in [0.15, 0.2) is 28.4 Å². The second kappa shape index (κ2) is 10.8. The van der Waals surface area contributed by atoms with Gasteiger partial charge < -0.3 is 10.1 Å². The van der Waals surface area contributed by atoms with Crippen LogP contribution in [0.3, 0.4) is 0 Å². The molecule has 4 aromatic rings. The predicted octanol–water partition coefficient (Wildman–Crippen LogP) is 3.00. The molecule has 0 saturated heterocycles. The van der Waals surface area contributed by atoms with E-state index in [0.717, 1.165) is 18.5 Å². The average Bonchev–Trinajstić information content (AvgIpc) is 3.81. The Morgan fingerprint density at radius 2 is 1.82 bits per heavy atom. The van der Waals surface area contributed by atoms with Gasteiger partial charge in [0.2, 0.25) is 5.88 Å². The van der Waals surface area contributed by atoms with E-state index in [4.69, 9.17) is 14.7 Å². The Kier molecular flexibility index (Phi) is 7.45. The smallest absolute Gasteiger partial charge is 0.295 e. The molecule has 1 aliphatic rings. The van der Waals surface area contributed by atoms with Crippen LogP contribution in [0.4, 0.5) is 5.82 Å². The van der Waals surface area contributed by atoms with Crippen molar-refractivity contribution in [1.29, 1.82) is 0 Å². The first-order chi connectivity index (χ1) is 19.2. The largest absolute Gasteiger partial charge is 0.480 e. The van der Waals surface area contributed by atoms with Gasteiger partial charge in [0.25, 0.3) is 5.56 Å². The van der Waals surface area contributed by atoms with E-state index in [1.807, 2.05) is 20.8 Å². The van der Waals surface area contributed by atoms with Crippen molar-refractivity contribution < 1.29 is 13.2 Å². The molecule has 1 fully saturated rings. The van der Waals surface area contributed by atoms with Crippen LogP contribution in [0.25, 0.3) is 22.6 Å². The fourth-order valence-electron chi connectivity index (χ4n) is 4.38. The maximum Gasteiger partial charge on any atom is 0.295 e. The second-order valence-electron chi connectivity index (χ2n) is 9.71. The first kappa shape index (κ1) is 27.5. The summed E-state index contributed by atoms with van der Waals surface area (Å²) in [6, 6.07) is -0.188. The number of sulfone groups is 1. The van der Waals surface area contributed by atoms with Crippen LogP contribution >= 0.6 is 0 Å². The maximum absolute atomic E-state index is 13.7. The third-order valence-electron chi connectivity index (χ3n) is 7.00. The third-order valence-corrected chi connectivity index (χ3v) is 8.69. The lowest BCUT2D eigenvalue weighted by Gasteiger charge is -2.19. The molecular formula is C26H31N9O4S. The number of ether oxygens (including phenoxy) is 1. The van der Waals surface area contributed by atoms with Crippen LogP contribution in [-0.2, 0) is 16.4 Å². The number of aryl methyl sites for hydroxylation is 1. The molecule has 0 unspecified atom stereocenters. The van der Waals surface area contributed by atoms with Gasteiger partial charge in [0, 0.05) is 24.4 Å². The number of nitrogens with zero attached hydrogens (tertiary/aromatic N) is 8. The van der Waals surface area contributed by atoms with Crippen molar-refractivity contribution in [2.24, 2.45) is 0 Å². The van der Waals surface area contributed by atoms with Crippen LogP contribution < -0.4 is 15.6 Å². The zero-order chi connectivity index (χ0) is 28.6. The number of hydrogen-bond donors (Lipinski definition) is 1. The van der Waals surface area contributed by atoms with E-state index in [1.54, 1.807) is 18.6 Å². The van der Waals surface area contributed by atoms with E-state index in [2.05, 4.69) is 30.2 Å². The summed E-state index contributed by atoms with van der Waals surface area (Å²) in [4.78, 5) is 45.0. The Balaban J connectivity index is 1.58. The lowest BCUT2D eigenvalue weighted by Crippen LogP contribution is -2.29. The van der Waals surface area contributed by atoms with Crippen molar-refractivity contribution >= 4 is 26.8 Å². The molecule has 40 heavy (non-hydrogen) atoms. The molecule has 5 rings (SSSR count). The molecule has 0 radical (unpaired) electrons. The number of aromatic nitrogens is 8. The van der Waals surface area contributed by atoms with Gasteiger partial charge in [0.05, 0.1) is 30.8 Å². The molecule has 0 amide bonds. The Morgan fingerprint density at radius 1 is 1.10 bits per heavy atom. The molecule has 1 N–H and O–H groups in total. The van der Waals surface area contributed by atoms with E-state index in [1.165, 1.54) is 18.7 Å². The van der Waals surface area contributed by atoms with E-state index in [9.17, 15) is 13.2 Å². The highest BCUT2D eigenvalue weighted by Gasteiger charge is 2.32. The summed E-state index contributed by atoms with van der Waals surface area (Å²) in [6.07, 6.45) is 6.75. The molecular weight excluding hydrogens is 534 g/mol. The van der Waals surface area contributed by atoms with Gasteiger partial charge >= 0.3 is 0 Å². The van der Waals surface area contributed by atoms with Crippen LogP contribution in [0, 0.1) is 6.92 Å². The highest BCUT2D eigenvalue weighted by Crippen LogP contribution is 2.45. The quantitative estimate of drug-likeness (QED) is 0.299. The standard InChI is InChI=1S/C26H31N9O4S/c1-6-14(3)35-24-20(15(4)32-22(34-24)19-21(16-8-9-16)30-13-31-25(19)39-5)33-23(26(35)36)29-12-18-27-10-17(11-28-18)40(37,38)7-2/h10-11,13-14,16H,6-9,12H2,1-5H3,(H,29,33)/t14-/m1/s1. The summed E-state index contributed by atoms with van der Waals surface area (Å²) < 4.78 is 31.3.